The molecule has 0 aliphatic carbocycles. The molecule has 2 N–H and O–H groups in total. The minimum atomic E-state index is -1.11. The molecule has 0 amide bonds. The maximum Gasteiger partial charge on any atom is 0.330 e. The van der Waals surface area contributed by atoms with E-state index in [1.54, 1.807) is 6.92 Å². The van der Waals surface area contributed by atoms with Crippen molar-refractivity contribution in [2.75, 3.05) is 0 Å². The summed E-state index contributed by atoms with van der Waals surface area (Å²) >= 11 is 0. The molecule has 1 aliphatic heterocycles. The molecular weight excluding hydrogens is 264 g/mol. The second kappa shape index (κ2) is 7.81. The minimum Gasteiger partial charge on any atom is -0.460 e. The van der Waals surface area contributed by atoms with Gasteiger partial charge in [0.1, 0.15) is 12.2 Å². The van der Waals surface area contributed by atoms with E-state index in [4.69, 9.17) is 9.47 Å². The summed E-state index contributed by atoms with van der Waals surface area (Å²) in [5.74, 6) is -1.24. The molecule has 1 heterocycles. The lowest BCUT2D eigenvalue weighted by Crippen LogP contribution is -2.27. The van der Waals surface area contributed by atoms with Gasteiger partial charge in [0, 0.05) is 12.2 Å². The van der Waals surface area contributed by atoms with Gasteiger partial charge in [-0.3, -0.25) is 0 Å². The maximum absolute atomic E-state index is 11.5. The molecule has 1 unspecified atom stereocenters. The highest BCUT2D eigenvalue weighted by Gasteiger charge is 2.17. The van der Waals surface area contributed by atoms with Gasteiger partial charge in [0.05, 0.1) is 12.2 Å². The topological polar surface area (TPSA) is 93.1 Å². The first-order valence-electron chi connectivity index (χ1n) is 6.52. The molecule has 1 aliphatic rings. The van der Waals surface area contributed by atoms with Crippen LogP contribution in [0.1, 0.15) is 26.7 Å². The zero-order chi connectivity index (χ0) is 15.1. The van der Waals surface area contributed by atoms with Crippen LogP contribution in [0.15, 0.2) is 24.3 Å². The number of aliphatic hydroxyl groups excluding tert-OH is 2. The van der Waals surface area contributed by atoms with Gasteiger partial charge in [-0.25, -0.2) is 9.59 Å². The molecule has 0 radical (unpaired) electrons. The summed E-state index contributed by atoms with van der Waals surface area (Å²) in [6, 6.07) is 0. The van der Waals surface area contributed by atoms with Crippen molar-refractivity contribution < 1.29 is 29.3 Å². The van der Waals surface area contributed by atoms with Crippen molar-refractivity contribution in [2.45, 2.75) is 51.1 Å². The van der Waals surface area contributed by atoms with Crippen molar-refractivity contribution in [1.29, 1.82) is 0 Å². The van der Waals surface area contributed by atoms with Gasteiger partial charge in [-0.15, -0.1) is 0 Å². The second-order valence-electron chi connectivity index (χ2n) is 4.74. The number of aliphatic hydroxyl groups is 2. The Labute approximate surface area is 117 Å². The van der Waals surface area contributed by atoms with E-state index in [0.29, 0.717) is 12.8 Å². The van der Waals surface area contributed by atoms with Crippen LogP contribution in [0.4, 0.5) is 0 Å². The zero-order valence-electron chi connectivity index (χ0n) is 11.6. The standard InChI is InChI=1S/C14H20O6/c1-9-3-4-11(15)5-7-14(18)20-10(2)12(16)6-8-13(17)19-9/h5-12,15-16H,3-4H2,1-2H3/b7-5+,8-6+/t9?,10-,11-,12-/m1/s1. The van der Waals surface area contributed by atoms with E-state index in [9.17, 15) is 19.8 Å². The van der Waals surface area contributed by atoms with Crippen molar-refractivity contribution in [3.05, 3.63) is 24.3 Å². The van der Waals surface area contributed by atoms with Gasteiger partial charge in [0.25, 0.3) is 0 Å². The molecule has 1 rings (SSSR count). The summed E-state index contributed by atoms with van der Waals surface area (Å²) in [4.78, 5) is 22.9. The van der Waals surface area contributed by atoms with Crippen molar-refractivity contribution in [2.24, 2.45) is 0 Å². The lowest BCUT2D eigenvalue weighted by atomic mass is 10.1. The fraction of sp³-hybridized carbons (Fsp3) is 0.571. The highest BCUT2D eigenvalue weighted by molar-refractivity contribution is 5.83. The molecule has 0 bridgehead atoms. The number of cyclic esters (lactones) is 2. The summed E-state index contributed by atoms with van der Waals surface area (Å²) in [6.45, 7) is 3.21. The molecule has 4 atom stereocenters. The smallest absolute Gasteiger partial charge is 0.330 e. The highest BCUT2D eigenvalue weighted by atomic mass is 16.6. The van der Waals surface area contributed by atoms with Crippen molar-refractivity contribution in [1.82, 2.24) is 0 Å². The van der Waals surface area contributed by atoms with E-state index in [0.717, 1.165) is 12.2 Å². The average Bonchev–Trinajstić information content (AvgIpc) is 2.39. The molecule has 0 saturated carbocycles. The first kappa shape index (κ1) is 16.4. The molecule has 0 spiro atoms. The summed E-state index contributed by atoms with van der Waals surface area (Å²) in [7, 11) is 0. The first-order chi connectivity index (χ1) is 9.38. The number of hydrogen-bond acceptors (Lipinski definition) is 6. The van der Waals surface area contributed by atoms with E-state index in [2.05, 4.69) is 0 Å². The van der Waals surface area contributed by atoms with E-state index in [-0.39, 0.29) is 6.10 Å². The lowest BCUT2D eigenvalue weighted by Gasteiger charge is -2.17. The minimum absolute atomic E-state index is 0.361. The predicted molar refractivity (Wildman–Crippen MR) is 70.6 cm³/mol. The third-order valence-electron chi connectivity index (χ3n) is 2.85. The van der Waals surface area contributed by atoms with Crippen LogP contribution in [0.5, 0.6) is 0 Å². The van der Waals surface area contributed by atoms with Gasteiger partial charge in [-0.1, -0.05) is 0 Å². The van der Waals surface area contributed by atoms with E-state index in [1.807, 2.05) is 0 Å². The van der Waals surface area contributed by atoms with Gasteiger partial charge in [0.2, 0.25) is 0 Å². The molecule has 0 saturated heterocycles. The van der Waals surface area contributed by atoms with Crippen molar-refractivity contribution in [3.8, 4) is 0 Å². The van der Waals surface area contributed by atoms with Crippen LogP contribution in [-0.2, 0) is 19.1 Å². The number of esters is 2. The molecule has 6 heteroatoms. The van der Waals surface area contributed by atoms with E-state index in [1.165, 1.54) is 19.1 Å². The number of rotatable bonds is 0. The van der Waals surface area contributed by atoms with E-state index >= 15 is 0 Å². The molecule has 6 nitrogen and oxygen atoms in total. The molecule has 0 aromatic rings. The Kier molecular flexibility index (Phi) is 6.41. The number of hydrogen-bond donors (Lipinski definition) is 2. The molecule has 0 aromatic carbocycles. The molecule has 112 valence electrons. The monoisotopic (exact) mass is 284 g/mol. The highest BCUT2D eigenvalue weighted by Crippen LogP contribution is 2.09. The van der Waals surface area contributed by atoms with Crippen molar-refractivity contribution in [3.63, 3.8) is 0 Å². The Bertz CT molecular complexity index is 400. The van der Waals surface area contributed by atoms with Gasteiger partial charge >= 0.3 is 11.9 Å². The van der Waals surface area contributed by atoms with Crippen LogP contribution in [0.3, 0.4) is 0 Å². The molecule has 0 fully saturated rings. The van der Waals surface area contributed by atoms with Gasteiger partial charge < -0.3 is 19.7 Å². The van der Waals surface area contributed by atoms with Gasteiger partial charge in [-0.2, -0.15) is 0 Å². The fourth-order valence-electron chi connectivity index (χ4n) is 1.61. The SMILES string of the molecule is CC1CC[C@@H](O)/C=C/C(=O)O[C@H](C)[C@H](O)/C=C/C(=O)O1. The second-order valence-corrected chi connectivity index (χ2v) is 4.74. The van der Waals surface area contributed by atoms with Crippen LogP contribution in [0.2, 0.25) is 0 Å². The molecular formula is C14H20O6. The average molecular weight is 284 g/mol. The van der Waals surface area contributed by atoms with Crippen LogP contribution >= 0.6 is 0 Å². The zero-order valence-corrected chi connectivity index (χ0v) is 11.6. The van der Waals surface area contributed by atoms with Gasteiger partial charge in [0.15, 0.2) is 0 Å². The quantitative estimate of drug-likeness (QED) is 0.628. The Morgan fingerprint density at radius 1 is 1.00 bits per heavy atom. The lowest BCUT2D eigenvalue weighted by molar-refractivity contribution is -0.146. The fourth-order valence-corrected chi connectivity index (χ4v) is 1.61. The normalized spacial score (nSPS) is 36.4. The summed E-state index contributed by atoms with van der Waals surface area (Å²) in [5, 5.41) is 19.3. The van der Waals surface area contributed by atoms with Gasteiger partial charge in [-0.05, 0) is 38.8 Å². The van der Waals surface area contributed by atoms with Crippen LogP contribution in [-0.4, -0.2) is 46.6 Å². The maximum atomic E-state index is 11.5. The van der Waals surface area contributed by atoms with E-state index < -0.39 is 30.3 Å². The number of carbonyl (C=O) groups is 2. The molecule has 20 heavy (non-hydrogen) atoms. The Balaban J connectivity index is 2.79. The predicted octanol–water partition coefficient (Wildman–Crippen LogP) is 0.478. The summed E-state index contributed by atoms with van der Waals surface area (Å²) in [6.07, 6.45) is 2.48. The number of ether oxygens (including phenoxy) is 2. The Morgan fingerprint density at radius 3 is 2.30 bits per heavy atom. The van der Waals surface area contributed by atoms with Crippen LogP contribution in [0.25, 0.3) is 0 Å². The number of carbonyl (C=O) groups excluding carboxylic acids is 2. The third-order valence-corrected chi connectivity index (χ3v) is 2.85. The van der Waals surface area contributed by atoms with Crippen LogP contribution < -0.4 is 0 Å². The Hall–Kier alpha value is -1.66. The van der Waals surface area contributed by atoms with Crippen LogP contribution in [0, 0.1) is 0 Å². The summed E-state index contributed by atoms with van der Waals surface area (Å²) in [5.41, 5.74) is 0. The molecule has 0 aromatic heterocycles. The van der Waals surface area contributed by atoms with Crippen molar-refractivity contribution >= 4 is 11.9 Å². The summed E-state index contributed by atoms with van der Waals surface area (Å²) < 4.78 is 9.99. The largest absolute Gasteiger partial charge is 0.460 e. The third kappa shape index (κ3) is 5.99. The Morgan fingerprint density at radius 2 is 1.60 bits per heavy atom. The first-order valence-corrected chi connectivity index (χ1v) is 6.52.